The second-order valence-electron chi connectivity index (χ2n) is 4.62. The number of primary sulfonamides is 1. The molecule has 1 aliphatic rings. The first-order valence-electron chi connectivity index (χ1n) is 6.02. The molecule has 5 nitrogen and oxygen atoms in total. The van der Waals surface area contributed by atoms with Crippen molar-refractivity contribution >= 4 is 43.5 Å². The lowest BCUT2D eigenvalue weighted by molar-refractivity contribution is 0.0317. The summed E-state index contributed by atoms with van der Waals surface area (Å²) in [4.78, 5) is 11.9. The van der Waals surface area contributed by atoms with Gasteiger partial charge in [-0.2, -0.15) is 0 Å². The second kappa shape index (κ2) is 6.01. The lowest BCUT2D eigenvalue weighted by Crippen LogP contribution is -2.17. The van der Waals surface area contributed by atoms with Gasteiger partial charge in [0.05, 0.1) is 15.5 Å². The first kappa shape index (κ1) is 15.8. The Bertz CT molecular complexity index is 641. The van der Waals surface area contributed by atoms with E-state index in [1.807, 2.05) is 0 Å². The molecule has 0 radical (unpaired) electrons. The zero-order chi connectivity index (χ0) is 14.9. The van der Waals surface area contributed by atoms with Crippen molar-refractivity contribution < 1.29 is 17.9 Å². The van der Waals surface area contributed by atoms with Crippen LogP contribution in [0.25, 0.3) is 0 Å². The standard InChI is InChI=1S/C12H13BrClNO4S/c13-10-6-8(20(15,17)18)5-9(11(10)14)12(16)19-7-3-1-2-4-7/h5-7H,1-4H2,(H2,15,17,18). The molecule has 1 fully saturated rings. The van der Waals surface area contributed by atoms with Crippen LogP contribution in [0.3, 0.4) is 0 Å². The fraction of sp³-hybridized carbons (Fsp3) is 0.417. The Kier molecular flexibility index (Phi) is 4.73. The third-order valence-electron chi connectivity index (χ3n) is 3.13. The number of hydrogen-bond donors (Lipinski definition) is 1. The number of esters is 1. The van der Waals surface area contributed by atoms with E-state index in [0.29, 0.717) is 0 Å². The van der Waals surface area contributed by atoms with E-state index in [1.165, 1.54) is 6.07 Å². The van der Waals surface area contributed by atoms with Gasteiger partial charge in [0.2, 0.25) is 10.0 Å². The van der Waals surface area contributed by atoms with Gasteiger partial charge < -0.3 is 4.74 Å². The number of sulfonamides is 1. The molecule has 1 aliphatic carbocycles. The molecule has 8 heteroatoms. The molecular formula is C12H13BrClNO4S. The molecule has 0 bridgehead atoms. The summed E-state index contributed by atoms with van der Waals surface area (Å²) < 4.78 is 28.4. The predicted molar refractivity (Wildman–Crippen MR) is 78.2 cm³/mol. The first-order valence-corrected chi connectivity index (χ1v) is 8.73. The highest BCUT2D eigenvalue weighted by Gasteiger charge is 2.24. The highest BCUT2D eigenvalue weighted by Crippen LogP contribution is 2.31. The normalized spacial score (nSPS) is 16.4. The van der Waals surface area contributed by atoms with Crippen molar-refractivity contribution in [1.82, 2.24) is 0 Å². The van der Waals surface area contributed by atoms with E-state index in [4.69, 9.17) is 21.5 Å². The number of nitrogens with two attached hydrogens (primary N) is 1. The van der Waals surface area contributed by atoms with Gasteiger partial charge in [-0.05, 0) is 53.7 Å². The average Bonchev–Trinajstić information content (AvgIpc) is 2.83. The van der Waals surface area contributed by atoms with Crippen LogP contribution in [0.1, 0.15) is 36.0 Å². The smallest absolute Gasteiger partial charge is 0.340 e. The number of carbonyl (C=O) groups excluding carboxylic acids is 1. The van der Waals surface area contributed by atoms with Gasteiger partial charge in [-0.15, -0.1) is 0 Å². The van der Waals surface area contributed by atoms with Crippen LogP contribution in [0.2, 0.25) is 5.02 Å². The van der Waals surface area contributed by atoms with Gasteiger partial charge in [0.25, 0.3) is 0 Å². The lowest BCUT2D eigenvalue weighted by atomic mass is 10.2. The minimum atomic E-state index is -3.92. The summed E-state index contributed by atoms with van der Waals surface area (Å²) in [5.74, 6) is -0.631. The zero-order valence-electron chi connectivity index (χ0n) is 10.4. The van der Waals surface area contributed by atoms with Gasteiger partial charge in [0, 0.05) is 4.47 Å². The van der Waals surface area contributed by atoms with Crippen molar-refractivity contribution in [2.45, 2.75) is 36.7 Å². The van der Waals surface area contributed by atoms with E-state index >= 15 is 0 Å². The largest absolute Gasteiger partial charge is 0.459 e. The zero-order valence-corrected chi connectivity index (χ0v) is 13.6. The van der Waals surface area contributed by atoms with Gasteiger partial charge >= 0.3 is 5.97 Å². The highest BCUT2D eigenvalue weighted by atomic mass is 79.9. The average molecular weight is 383 g/mol. The molecule has 20 heavy (non-hydrogen) atoms. The van der Waals surface area contributed by atoms with Crippen molar-refractivity contribution in [3.05, 3.63) is 27.2 Å². The Morgan fingerprint density at radius 3 is 2.50 bits per heavy atom. The van der Waals surface area contributed by atoms with Crippen LogP contribution in [0.5, 0.6) is 0 Å². The Balaban J connectivity index is 2.34. The summed E-state index contributed by atoms with van der Waals surface area (Å²) in [7, 11) is -3.92. The third kappa shape index (κ3) is 3.52. The first-order chi connectivity index (χ1) is 9.29. The molecule has 2 rings (SSSR count). The maximum absolute atomic E-state index is 12.1. The predicted octanol–water partition coefficient (Wildman–Crippen LogP) is 2.85. The number of rotatable bonds is 3. The fourth-order valence-electron chi connectivity index (χ4n) is 2.10. The highest BCUT2D eigenvalue weighted by molar-refractivity contribution is 9.10. The van der Waals surface area contributed by atoms with Gasteiger partial charge in [0.1, 0.15) is 6.10 Å². The summed E-state index contributed by atoms with van der Waals surface area (Å²) in [6.07, 6.45) is 3.55. The number of benzene rings is 1. The van der Waals surface area contributed by atoms with Gasteiger partial charge in [-0.1, -0.05) is 11.6 Å². The summed E-state index contributed by atoms with van der Waals surface area (Å²) in [5.41, 5.74) is -0.00281. The monoisotopic (exact) mass is 381 g/mol. The molecule has 1 aromatic rings. The summed E-state index contributed by atoms with van der Waals surface area (Å²) in [6.45, 7) is 0. The van der Waals surface area contributed by atoms with Crippen molar-refractivity contribution in [2.75, 3.05) is 0 Å². The molecule has 0 atom stereocenters. The van der Waals surface area contributed by atoms with E-state index in [2.05, 4.69) is 15.9 Å². The van der Waals surface area contributed by atoms with Crippen LogP contribution in [-0.2, 0) is 14.8 Å². The van der Waals surface area contributed by atoms with Crippen LogP contribution in [-0.4, -0.2) is 20.5 Å². The van der Waals surface area contributed by atoms with Crippen LogP contribution in [0.15, 0.2) is 21.5 Å². The van der Waals surface area contributed by atoms with Crippen LogP contribution in [0, 0.1) is 0 Å². The summed E-state index contributed by atoms with van der Waals surface area (Å²) in [5, 5.41) is 5.18. The lowest BCUT2D eigenvalue weighted by Gasteiger charge is -2.13. The number of carbonyl (C=O) groups is 1. The van der Waals surface area contributed by atoms with Crippen molar-refractivity contribution in [2.24, 2.45) is 5.14 Å². The molecule has 0 heterocycles. The quantitative estimate of drug-likeness (QED) is 0.814. The van der Waals surface area contributed by atoms with Gasteiger partial charge in [0.15, 0.2) is 0 Å². The molecule has 1 saturated carbocycles. The fourth-order valence-corrected chi connectivity index (χ4v) is 3.46. The van der Waals surface area contributed by atoms with Crippen LogP contribution < -0.4 is 5.14 Å². The maximum Gasteiger partial charge on any atom is 0.340 e. The van der Waals surface area contributed by atoms with E-state index in [9.17, 15) is 13.2 Å². The number of ether oxygens (including phenoxy) is 1. The van der Waals surface area contributed by atoms with Gasteiger partial charge in [-0.3, -0.25) is 0 Å². The number of halogens is 2. The van der Waals surface area contributed by atoms with Crippen LogP contribution >= 0.6 is 27.5 Å². The molecule has 0 amide bonds. The Labute approximate surface area is 130 Å². The second-order valence-corrected chi connectivity index (χ2v) is 7.42. The molecule has 110 valence electrons. The molecule has 0 aliphatic heterocycles. The Morgan fingerprint density at radius 1 is 1.35 bits per heavy atom. The Morgan fingerprint density at radius 2 is 1.95 bits per heavy atom. The van der Waals surface area contributed by atoms with E-state index in [0.717, 1.165) is 31.7 Å². The molecule has 2 N–H and O–H groups in total. The van der Waals surface area contributed by atoms with E-state index < -0.39 is 16.0 Å². The molecule has 1 aromatic carbocycles. The van der Waals surface area contributed by atoms with E-state index in [1.54, 1.807) is 0 Å². The van der Waals surface area contributed by atoms with E-state index in [-0.39, 0.29) is 26.1 Å². The summed E-state index contributed by atoms with van der Waals surface area (Å²) >= 11 is 9.12. The molecular weight excluding hydrogens is 370 g/mol. The third-order valence-corrected chi connectivity index (χ3v) is 5.28. The number of hydrogen-bond acceptors (Lipinski definition) is 4. The minimum absolute atomic E-state index is 0.00281. The molecule has 0 spiro atoms. The maximum atomic E-state index is 12.1. The molecule has 0 aromatic heterocycles. The minimum Gasteiger partial charge on any atom is -0.459 e. The van der Waals surface area contributed by atoms with Crippen molar-refractivity contribution in [1.29, 1.82) is 0 Å². The molecule has 0 saturated heterocycles. The topological polar surface area (TPSA) is 86.5 Å². The van der Waals surface area contributed by atoms with Crippen molar-refractivity contribution in [3.63, 3.8) is 0 Å². The summed E-state index contributed by atoms with van der Waals surface area (Å²) in [6, 6.07) is 2.39. The van der Waals surface area contributed by atoms with Crippen LogP contribution in [0.4, 0.5) is 0 Å². The SMILES string of the molecule is NS(=O)(=O)c1cc(Br)c(Cl)c(C(=O)OC2CCCC2)c1. The molecule has 0 unspecified atom stereocenters. The van der Waals surface area contributed by atoms with Gasteiger partial charge in [-0.25, -0.2) is 18.4 Å². The van der Waals surface area contributed by atoms with Crippen molar-refractivity contribution in [3.8, 4) is 0 Å². The Hall–Kier alpha value is -0.630.